The Morgan fingerprint density at radius 1 is 1.32 bits per heavy atom. The van der Waals surface area contributed by atoms with Gasteiger partial charge in [-0.1, -0.05) is 10.2 Å². The summed E-state index contributed by atoms with van der Waals surface area (Å²) >= 11 is 0. The smallest absolute Gasteiger partial charge is 0.259 e. The van der Waals surface area contributed by atoms with E-state index in [4.69, 9.17) is 11.1 Å². The molecule has 0 radical (unpaired) electrons. The average molecular weight is 339 g/mol. The summed E-state index contributed by atoms with van der Waals surface area (Å²) in [5.74, 6) is 0.190. The number of rotatable bonds is 6. The van der Waals surface area contributed by atoms with E-state index in [-0.39, 0.29) is 24.2 Å². The van der Waals surface area contributed by atoms with Crippen LogP contribution < -0.4 is 4.90 Å². The second-order valence-corrected chi connectivity index (χ2v) is 5.58. The molecule has 1 aromatic heterocycles. The highest BCUT2D eigenvalue weighted by Gasteiger charge is 2.17. The van der Waals surface area contributed by atoms with E-state index in [1.807, 2.05) is 13.8 Å². The van der Waals surface area contributed by atoms with Gasteiger partial charge in [0.15, 0.2) is 5.82 Å². The average Bonchev–Trinajstić information content (AvgIpc) is 3.09. The van der Waals surface area contributed by atoms with Gasteiger partial charge >= 0.3 is 0 Å². The summed E-state index contributed by atoms with van der Waals surface area (Å²) in [7, 11) is 1.61. The molecule has 0 spiro atoms. The molecule has 2 aromatic rings. The molecule has 0 atom stereocenters. The van der Waals surface area contributed by atoms with Gasteiger partial charge in [-0.15, -0.1) is 0 Å². The molecule has 0 unspecified atom stereocenters. The van der Waals surface area contributed by atoms with Crippen LogP contribution in [0.15, 0.2) is 40.7 Å². The minimum atomic E-state index is -0.314. The summed E-state index contributed by atoms with van der Waals surface area (Å²) in [5.41, 5.74) is 18.2. The molecule has 2 rings (SSSR count). The van der Waals surface area contributed by atoms with Crippen LogP contribution in [0.1, 0.15) is 35.8 Å². The number of carbonyl (C=O) groups excluding carboxylic acids is 1. The van der Waals surface area contributed by atoms with Crippen LogP contribution in [0.3, 0.4) is 0 Å². The van der Waals surface area contributed by atoms with Gasteiger partial charge in [0.25, 0.3) is 5.91 Å². The van der Waals surface area contributed by atoms with Crippen LogP contribution in [0.5, 0.6) is 0 Å². The van der Waals surface area contributed by atoms with Crippen LogP contribution in [0.2, 0.25) is 0 Å². The van der Waals surface area contributed by atoms with E-state index in [1.165, 1.54) is 11.0 Å². The maximum Gasteiger partial charge on any atom is 0.259 e. The standard InChI is InChI=1S/C15H17N9O/c1-10(2)24-5-4-14(20-24)23(3)15(25)12-6-11(9-18-21-16)7-13(8-12)19-22-17/h4-8,10H,9H2,1-3H3. The summed E-state index contributed by atoms with van der Waals surface area (Å²) in [4.78, 5) is 19.6. The fourth-order valence-corrected chi connectivity index (χ4v) is 2.20. The van der Waals surface area contributed by atoms with Gasteiger partial charge in [0.05, 0.1) is 6.54 Å². The minimum Gasteiger partial charge on any atom is -0.294 e. The molecular formula is C15H17N9O. The first-order valence-electron chi connectivity index (χ1n) is 7.49. The third-order valence-corrected chi connectivity index (χ3v) is 3.47. The minimum absolute atomic E-state index is 0.0528. The van der Waals surface area contributed by atoms with Gasteiger partial charge in [-0.05, 0) is 48.7 Å². The van der Waals surface area contributed by atoms with Crippen molar-refractivity contribution in [3.8, 4) is 0 Å². The Hall–Kier alpha value is -3.48. The number of nitrogens with zero attached hydrogens (tertiary/aromatic N) is 9. The van der Waals surface area contributed by atoms with Gasteiger partial charge in [0, 0.05) is 46.4 Å². The van der Waals surface area contributed by atoms with Gasteiger partial charge < -0.3 is 0 Å². The molecule has 0 saturated carbocycles. The zero-order valence-corrected chi connectivity index (χ0v) is 14.1. The second-order valence-electron chi connectivity index (χ2n) is 5.58. The van der Waals surface area contributed by atoms with Crippen molar-refractivity contribution in [2.24, 2.45) is 10.2 Å². The lowest BCUT2D eigenvalue weighted by Crippen LogP contribution is -2.27. The van der Waals surface area contributed by atoms with Gasteiger partial charge in [-0.3, -0.25) is 14.4 Å². The SMILES string of the molecule is CC(C)n1ccc(N(C)C(=O)c2cc(CN=[N+]=[N-])cc(N=[N+]=[N-])c2)n1. The van der Waals surface area contributed by atoms with Gasteiger partial charge in [-0.2, -0.15) is 5.10 Å². The predicted molar refractivity (Wildman–Crippen MR) is 93.4 cm³/mol. The quantitative estimate of drug-likeness (QED) is 0.435. The molecule has 0 saturated heterocycles. The van der Waals surface area contributed by atoms with E-state index in [0.29, 0.717) is 16.9 Å². The highest BCUT2D eigenvalue weighted by atomic mass is 16.2. The second kappa shape index (κ2) is 7.87. The first-order valence-corrected chi connectivity index (χ1v) is 7.49. The molecule has 128 valence electrons. The zero-order chi connectivity index (χ0) is 18.4. The van der Waals surface area contributed by atoms with Crippen molar-refractivity contribution in [2.45, 2.75) is 26.4 Å². The molecule has 1 aromatic carbocycles. The van der Waals surface area contributed by atoms with E-state index < -0.39 is 0 Å². The van der Waals surface area contributed by atoms with Gasteiger partial charge in [0.1, 0.15) is 0 Å². The molecule has 0 aliphatic heterocycles. The van der Waals surface area contributed by atoms with Crippen molar-refractivity contribution in [3.05, 3.63) is 62.5 Å². The number of aromatic nitrogens is 2. The number of hydrogen-bond donors (Lipinski definition) is 0. The molecule has 0 aliphatic rings. The summed E-state index contributed by atoms with van der Waals surface area (Å²) in [6.07, 6.45) is 1.80. The molecule has 1 heterocycles. The lowest BCUT2D eigenvalue weighted by molar-refractivity contribution is 0.0992. The number of anilines is 1. The number of carbonyl (C=O) groups is 1. The third-order valence-electron chi connectivity index (χ3n) is 3.47. The fraction of sp³-hybridized carbons (Fsp3) is 0.333. The Kier molecular flexibility index (Phi) is 5.62. The molecule has 10 nitrogen and oxygen atoms in total. The predicted octanol–water partition coefficient (Wildman–Crippen LogP) is 4.49. The van der Waals surface area contributed by atoms with Crippen LogP contribution >= 0.6 is 0 Å². The largest absolute Gasteiger partial charge is 0.294 e. The monoisotopic (exact) mass is 339 g/mol. The van der Waals surface area contributed by atoms with E-state index in [0.717, 1.165) is 0 Å². The summed E-state index contributed by atoms with van der Waals surface area (Å²) < 4.78 is 1.75. The van der Waals surface area contributed by atoms with Gasteiger partial charge in [0.2, 0.25) is 0 Å². The summed E-state index contributed by atoms with van der Waals surface area (Å²) in [5, 5.41) is 11.4. The van der Waals surface area contributed by atoms with E-state index in [2.05, 4.69) is 25.2 Å². The summed E-state index contributed by atoms with van der Waals surface area (Å²) in [6, 6.07) is 6.58. The highest BCUT2D eigenvalue weighted by Crippen LogP contribution is 2.22. The maximum absolute atomic E-state index is 12.7. The molecule has 0 fully saturated rings. The Bertz CT molecular complexity index is 873. The Labute approximate surface area is 143 Å². The normalized spacial score (nSPS) is 10.1. The third kappa shape index (κ3) is 4.29. The van der Waals surface area contributed by atoms with E-state index >= 15 is 0 Å². The first-order chi connectivity index (χ1) is 12.0. The molecule has 0 bridgehead atoms. The topological polar surface area (TPSA) is 136 Å². The van der Waals surface area contributed by atoms with Crippen molar-refractivity contribution >= 4 is 17.4 Å². The van der Waals surface area contributed by atoms with Crippen LogP contribution in [-0.4, -0.2) is 22.7 Å². The van der Waals surface area contributed by atoms with E-state index in [9.17, 15) is 4.79 Å². The Morgan fingerprint density at radius 2 is 2.08 bits per heavy atom. The number of benzene rings is 1. The maximum atomic E-state index is 12.7. The number of hydrogen-bond acceptors (Lipinski definition) is 4. The van der Waals surface area contributed by atoms with E-state index in [1.54, 1.807) is 36.1 Å². The molecule has 0 N–H and O–H groups in total. The van der Waals surface area contributed by atoms with Crippen LogP contribution in [0.4, 0.5) is 11.5 Å². The lowest BCUT2D eigenvalue weighted by Gasteiger charge is -2.15. The Morgan fingerprint density at radius 3 is 2.68 bits per heavy atom. The van der Waals surface area contributed by atoms with Crippen LogP contribution in [0.25, 0.3) is 20.9 Å². The van der Waals surface area contributed by atoms with Gasteiger partial charge in [-0.25, -0.2) is 0 Å². The van der Waals surface area contributed by atoms with Crippen molar-refractivity contribution in [1.29, 1.82) is 0 Å². The van der Waals surface area contributed by atoms with Crippen molar-refractivity contribution in [1.82, 2.24) is 9.78 Å². The van der Waals surface area contributed by atoms with Crippen molar-refractivity contribution in [2.75, 3.05) is 11.9 Å². The van der Waals surface area contributed by atoms with Crippen molar-refractivity contribution in [3.63, 3.8) is 0 Å². The van der Waals surface area contributed by atoms with Crippen LogP contribution in [-0.2, 0) is 6.54 Å². The number of azide groups is 2. The Balaban J connectivity index is 2.36. The molecule has 25 heavy (non-hydrogen) atoms. The van der Waals surface area contributed by atoms with Crippen molar-refractivity contribution < 1.29 is 4.79 Å². The molecule has 0 aliphatic carbocycles. The van der Waals surface area contributed by atoms with Crippen LogP contribution in [0, 0.1) is 0 Å². The first kappa shape index (κ1) is 17.9. The molecular weight excluding hydrogens is 322 g/mol. The summed E-state index contributed by atoms with van der Waals surface area (Å²) in [6.45, 7) is 4.03. The zero-order valence-electron chi connectivity index (χ0n) is 14.1. The molecule has 10 heteroatoms. The number of amides is 1. The molecule has 1 amide bonds. The lowest BCUT2D eigenvalue weighted by atomic mass is 10.1. The fourth-order valence-electron chi connectivity index (χ4n) is 2.20. The highest BCUT2D eigenvalue weighted by molar-refractivity contribution is 6.05.